The minimum atomic E-state index is -0.292. The van der Waals surface area contributed by atoms with Gasteiger partial charge in [-0.15, -0.1) is 0 Å². The van der Waals surface area contributed by atoms with Gasteiger partial charge in [0.25, 0.3) is 0 Å². The molecule has 2 rings (SSSR count). The van der Waals surface area contributed by atoms with Gasteiger partial charge in [-0.25, -0.2) is 0 Å². The largest absolute Gasteiger partial charge is 0.496 e. The number of carbonyl (C=O) groups is 2. The normalized spacial score (nSPS) is 14.7. The maximum atomic E-state index is 12.3. The molecule has 1 unspecified atom stereocenters. The van der Waals surface area contributed by atoms with Gasteiger partial charge >= 0.3 is 0 Å². The van der Waals surface area contributed by atoms with Gasteiger partial charge < -0.3 is 14.6 Å². The monoisotopic (exact) mass is 304 g/mol. The molecule has 0 saturated carbocycles. The summed E-state index contributed by atoms with van der Waals surface area (Å²) in [6.07, 6.45) is 4.10. The van der Waals surface area contributed by atoms with E-state index in [1.807, 2.05) is 6.92 Å². The third kappa shape index (κ3) is 2.64. The Hall–Kier alpha value is -2.14. The van der Waals surface area contributed by atoms with Gasteiger partial charge in [-0.2, -0.15) is 0 Å². The minimum absolute atomic E-state index is 0.0654. The summed E-state index contributed by atoms with van der Waals surface area (Å²) in [5.74, 6) is -0.0610. The summed E-state index contributed by atoms with van der Waals surface area (Å²) in [6.45, 7) is 1.95. The lowest BCUT2D eigenvalue weighted by atomic mass is 9.85. The average molecular weight is 304 g/mol. The number of rotatable bonds is 6. The van der Waals surface area contributed by atoms with Crippen LogP contribution in [0.1, 0.15) is 52.0 Å². The van der Waals surface area contributed by atoms with Gasteiger partial charge in [-0.3, -0.25) is 9.59 Å². The van der Waals surface area contributed by atoms with E-state index in [2.05, 4.69) is 0 Å². The highest BCUT2D eigenvalue weighted by molar-refractivity contribution is 6.24. The SMILES string of the molecule is CCCC(CO)c1cc(OC)c2c(c1OC)C(=O)C=CC2=O. The van der Waals surface area contributed by atoms with E-state index in [1.54, 1.807) is 6.07 Å². The Kier molecular flexibility index (Phi) is 4.98. The summed E-state index contributed by atoms with van der Waals surface area (Å²) in [7, 11) is 2.91. The van der Waals surface area contributed by atoms with Gasteiger partial charge in [0.05, 0.1) is 32.0 Å². The molecular weight excluding hydrogens is 284 g/mol. The van der Waals surface area contributed by atoms with Crippen LogP contribution in [0.15, 0.2) is 18.2 Å². The van der Waals surface area contributed by atoms with Crippen LogP contribution in [0.4, 0.5) is 0 Å². The first-order valence-corrected chi connectivity index (χ1v) is 7.25. The molecule has 0 heterocycles. The minimum Gasteiger partial charge on any atom is -0.496 e. The fraction of sp³-hybridized carbons (Fsp3) is 0.412. The van der Waals surface area contributed by atoms with Crippen molar-refractivity contribution in [3.63, 3.8) is 0 Å². The second-order valence-corrected chi connectivity index (χ2v) is 5.18. The number of carbonyl (C=O) groups excluding carboxylic acids is 2. The Morgan fingerprint density at radius 2 is 1.73 bits per heavy atom. The zero-order valence-corrected chi connectivity index (χ0v) is 13.0. The number of benzene rings is 1. The van der Waals surface area contributed by atoms with Crippen molar-refractivity contribution in [2.45, 2.75) is 25.7 Å². The van der Waals surface area contributed by atoms with Crippen molar-refractivity contribution in [1.29, 1.82) is 0 Å². The summed E-state index contributed by atoms with van der Waals surface area (Å²) < 4.78 is 10.7. The number of methoxy groups -OCH3 is 2. The van der Waals surface area contributed by atoms with Gasteiger partial charge in [0.2, 0.25) is 0 Å². The summed E-state index contributed by atoms with van der Waals surface area (Å²) in [6, 6.07) is 1.69. The Balaban J connectivity index is 2.75. The van der Waals surface area contributed by atoms with Crippen molar-refractivity contribution < 1.29 is 24.2 Å². The molecule has 0 aliphatic heterocycles. The number of hydrogen-bond donors (Lipinski definition) is 1. The first-order valence-electron chi connectivity index (χ1n) is 7.25. The number of aliphatic hydroxyl groups is 1. The number of fused-ring (bicyclic) bond motifs is 1. The topological polar surface area (TPSA) is 72.8 Å². The van der Waals surface area contributed by atoms with Gasteiger partial charge in [-0.05, 0) is 24.6 Å². The Morgan fingerprint density at radius 1 is 1.09 bits per heavy atom. The van der Waals surface area contributed by atoms with Crippen LogP contribution in [-0.4, -0.2) is 37.5 Å². The van der Waals surface area contributed by atoms with Crippen LogP contribution >= 0.6 is 0 Å². The molecule has 1 aliphatic carbocycles. The lowest BCUT2D eigenvalue weighted by Gasteiger charge is -2.23. The molecule has 1 aromatic rings. The first-order chi connectivity index (χ1) is 10.6. The number of ketones is 2. The molecule has 1 aromatic carbocycles. The standard InChI is InChI=1S/C17H20O5/c1-4-5-10(9-18)11-8-14(21-2)15-12(19)6-7-13(20)16(15)17(11)22-3/h6-8,10,18H,4-5,9H2,1-3H3. The molecule has 1 atom stereocenters. The summed E-state index contributed by atoms with van der Waals surface area (Å²) >= 11 is 0. The van der Waals surface area contributed by atoms with Crippen molar-refractivity contribution in [2.24, 2.45) is 0 Å². The van der Waals surface area contributed by atoms with Crippen LogP contribution in [0.5, 0.6) is 11.5 Å². The molecule has 118 valence electrons. The molecule has 22 heavy (non-hydrogen) atoms. The molecule has 1 N–H and O–H groups in total. The molecule has 0 spiro atoms. The molecule has 5 nitrogen and oxygen atoms in total. The van der Waals surface area contributed by atoms with E-state index in [9.17, 15) is 14.7 Å². The lowest BCUT2D eigenvalue weighted by Crippen LogP contribution is -2.18. The van der Waals surface area contributed by atoms with Gasteiger partial charge in [-0.1, -0.05) is 13.3 Å². The van der Waals surface area contributed by atoms with E-state index in [4.69, 9.17) is 9.47 Å². The van der Waals surface area contributed by atoms with Gasteiger partial charge in [0.1, 0.15) is 11.5 Å². The van der Waals surface area contributed by atoms with Crippen LogP contribution in [0.25, 0.3) is 0 Å². The smallest absolute Gasteiger partial charge is 0.190 e. The average Bonchev–Trinajstić information content (AvgIpc) is 2.54. The highest BCUT2D eigenvalue weighted by Crippen LogP contribution is 2.41. The Morgan fingerprint density at radius 3 is 2.23 bits per heavy atom. The molecular formula is C17H20O5. The van der Waals surface area contributed by atoms with E-state index < -0.39 is 0 Å². The summed E-state index contributed by atoms with van der Waals surface area (Å²) in [5.41, 5.74) is 1.14. The van der Waals surface area contributed by atoms with E-state index >= 15 is 0 Å². The predicted octanol–water partition coefficient (Wildman–Crippen LogP) is 2.52. The van der Waals surface area contributed by atoms with E-state index in [0.29, 0.717) is 17.1 Å². The maximum Gasteiger partial charge on any atom is 0.190 e. The number of aliphatic hydroxyl groups excluding tert-OH is 1. The fourth-order valence-electron chi connectivity index (χ4n) is 2.84. The zero-order valence-electron chi connectivity index (χ0n) is 13.0. The van der Waals surface area contributed by atoms with Crippen molar-refractivity contribution in [3.8, 4) is 11.5 Å². The van der Waals surface area contributed by atoms with E-state index in [1.165, 1.54) is 26.4 Å². The van der Waals surface area contributed by atoms with E-state index in [-0.39, 0.29) is 35.2 Å². The quantitative estimate of drug-likeness (QED) is 0.874. The van der Waals surface area contributed by atoms with Crippen molar-refractivity contribution in [3.05, 3.63) is 34.9 Å². The molecule has 0 aromatic heterocycles. The number of ether oxygens (including phenoxy) is 2. The molecule has 0 radical (unpaired) electrons. The van der Waals surface area contributed by atoms with Crippen LogP contribution in [0.2, 0.25) is 0 Å². The van der Waals surface area contributed by atoms with Gasteiger partial charge in [0.15, 0.2) is 11.6 Å². The van der Waals surface area contributed by atoms with Crippen LogP contribution in [0, 0.1) is 0 Å². The van der Waals surface area contributed by atoms with Crippen molar-refractivity contribution in [1.82, 2.24) is 0 Å². The Labute approximate surface area is 129 Å². The van der Waals surface area contributed by atoms with Crippen LogP contribution in [-0.2, 0) is 0 Å². The van der Waals surface area contributed by atoms with Gasteiger partial charge in [0, 0.05) is 11.5 Å². The van der Waals surface area contributed by atoms with Crippen molar-refractivity contribution in [2.75, 3.05) is 20.8 Å². The lowest BCUT2D eigenvalue weighted by molar-refractivity contribution is 0.0988. The maximum absolute atomic E-state index is 12.3. The molecule has 1 aliphatic rings. The third-order valence-corrected chi connectivity index (χ3v) is 3.87. The molecule has 0 saturated heterocycles. The molecule has 0 fully saturated rings. The van der Waals surface area contributed by atoms with Crippen LogP contribution in [0.3, 0.4) is 0 Å². The molecule has 0 bridgehead atoms. The fourth-order valence-corrected chi connectivity index (χ4v) is 2.84. The zero-order chi connectivity index (χ0) is 16.3. The van der Waals surface area contributed by atoms with Crippen LogP contribution < -0.4 is 9.47 Å². The highest BCUT2D eigenvalue weighted by atomic mass is 16.5. The summed E-state index contributed by atoms with van der Waals surface area (Å²) in [5, 5.41) is 9.65. The number of hydrogen-bond acceptors (Lipinski definition) is 5. The Bertz CT molecular complexity index is 630. The number of allylic oxidation sites excluding steroid dienone is 2. The predicted molar refractivity (Wildman–Crippen MR) is 82.1 cm³/mol. The molecule has 0 amide bonds. The summed E-state index contributed by atoms with van der Waals surface area (Å²) in [4.78, 5) is 24.4. The first kappa shape index (κ1) is 16.2. The second kappa shape index (κ2) is 6.75. The van der Waals surface area contributed by atoms with Crippen molar-refractivity contribution >= 4 is 11.6 Å². The van der Waals surface area contributed by atoms with E-state index in [0.717, 1.165) is 12.8 Å². The highest BCUT2D eigenvalue weighted by Gasteiger charge is 2.31. The molecule has 5 heteroatoms. The third-order valence-electron chi connectivity index (χ3n) is 3.87. The second-order valence-electron chi connectivity index (χ2n) is 5.18.